The first-order valence-corrected chi connectivity index (χ1v) is 9.26. The molecule has 3 aromatic rings. The van der Waals surface area contributed by atoms with Crippen molar-refractivity contribution < 1.29 is 4.79 Å². The Morgan fingerprint density at radius 3 is 2.48 bits per heavy atom. The Hall–Kier alpha value is -3.14. The molecule has 4 heteroatoms. The number of anilines is 2. The predicted molar refractivity (Wildman–Crippen MR) is 108 cm³/mol. The third kappa shape index (κ3) is 3.85. The normalized spacial score (nSPS) is 13.2. The van der Waals surface area contributed by atoms with Gasteiger partial charge in [-0.2, -0.15) is 0 Å². The predicted octanol–water partition coefficient (Wildman–Crippen LogP) is 4.64. The topological polar surface area (TPSA) is 45.2 Å². The molecule has 0 saturated heterocycles. The van der Waals surface area contributed by atoms with Crippen LogP contribution in [0.1, 0.15) is 32.7 Å². The van der Waals surface area contributed by atoms with E-state index in [1.165, 1.54) is 22.3 Å². The molecule has 1 aliphatic rings. The Kier molecular flexibility index (Phi) is 4.63. The van der Waals surface area contributed by atoms with Crippen LogP contribution in [0.25, 0.3) is 0 Å². The van der Waals surface area contributed by atoms with E-state index in [4.69, 9.17) is 0 Å². The second-order valence-corrected chi connectivity index (χ2v) is 7.18. The smallest absolute Gasteiger partial charge is 0.272 e. The Labute approximate surface area is 159 Å². The average Bonchev–Trinajstić information content (AvgIpc) is 2.66. The fourth-order valence-corrected chi connectivity index (χ4v) is 3.67. The van der Waals surface area contributed by atoms with Crippen molar-refractivity contribution in [1.82, 2.24) is 9.88 Å². The van der Waals surface area contributed by atoms with E-state index in [1.807, 2.05) is 23.1 Å². The lowest BCUT2D eigenvalue weighted by atomic mass is 10.00. The number of pyridine rings is 1. The molecule has 4 rings (SSSR count). The number of amides is 1. The van der Waals surface area contributed by atoms with Crippen LogP contribution in [0.4, 0.5) is 11.4 Å². The number of hydrogen-bond donors (Lipinski definition) is 1. The number of nitrogens with one attached hydrogen (secondary N) is 1. The number of benzene rings is 2. The Bertz CT molecular complexity index is 976. The summed E-state index contributed by atoms with van der Waals surface area (Å²) >= 11 is 0. The number of aryl methyl sites for hydroxylation is 2. The summed E-state index contributed by atoms with van der Waals surface area (Å²) in [5.41, 5.74) is 7.33. The molecule has 0 saturated carbocycles. The van der Waals surface area contributed by atoms with Gasteiger partial charge in [0.2, 0.25) is 0 Å². The maximum Gasteiger partial charge on any atom is 0.272 e. The van der Waals surface area contributed by atoms with Crippen LogP contribution in [0, 0.1) is 13.8 Å². The summed E-state index contributed by atoms with van der Waals surface area (Å²) in [6.45, 7) is 5.53. The number of hydrogen-bond acceptors (Lipinski definition) is 3. The monoisotopic (exact) mass is 357 g/mol. The number of aromatic nitrogens is 1. The molecule has 136 valence electrons. The first-order chi connectivity index (χ1) is 13.1. The molecule has 1 amide bonds. The first kappa shape index (κ1) is 17.3. The summed E-state index contributed by atoms with van der Waals surface area (Å²) in [5, 5.41) is 3.39. The molecule has 2 heterocycles. The van der Waals surface area contributed by atoms with Gasteiger partial charge in [-0.1, -0.05) is 30.3 Å². The van der Waals surface area contributed by atoms with Crippen LogP contribution < -0.4 is 5.32 Å². The highest BCUT2D eigenvalue weighted by atomic mass is 16.2. The van der Waals surface area contributed by atoms with E-state index in [9.17, 15) is 4.79 Å². The molecular formula is C23H23N3O. The third-order valence-corrected chi connectivity index (χ3v) is 4.91. The van der Waals surface area contributed by atoms with E-state index in [-0.39, 0.29) is 5.91 Å². The highest BCUT2D eigenvalue weighted by Gasteiger charge is 2.22. The van der Waals surface area contributed by atoms with Gasteiger partial charge in [0, 0.05) is 30.7 Å². The lowest BCUT2D eigenvalue weighted by molar-refractivity contribution is 0.0729. The van der Waals surface area contributed by atoms with Gasteiger partial charge in [0.25, 0.3) is 5.91 Å². The second-order valence-electron chi connectivity index (χ2n) is 7.18. The second kappa shape index (κ2) is 7.23. The maximum atomic E-state index is 13.0. The molecule has 1 aliphatic heterocycles. The largest absolute Gasteiger partial charge is 0.355 e. The molecule has 4 nitrogen and oxygen atoms in total. The van der Waals surface area contributed by atoms with Crippen molar-refractivity contribution in [1.29, 1.82) is 0 Å². The molecule has 0 bridgehead atoms. The molecular weight excluding hydrogens is 334 g/mol. The Morgan fingerprint density at radius 2 is 1.70 bits per heavy atom. The zero-order chi connectivity index (χ0) is 18.8. The summed E-state index contributed by atoms with van der Waals surface area (Å²) in [7, 11) is 0. The van der Waals surface area contributed by atoms with E-state index < -0.39 is 0 Å². The number of rotatable bonds is 3. The third-order valence-electron chi connectivity index (χ3n) is 4.91. The van der Waals surface area contributed by atoms with Crippen LogP contribution in [-0.2, 0) is 13.0 Å². The molecule has 0 atom stereocenters. The summed E-state index contributed by atoms with van der Waals surface area (Å²) in [6.07, 6.45) is 2.58. The van der Waals surface area contributed by atoms with E-state index in [0.717, 1.165) is 24.3 Å². The minimum Gasteiger partial charge on any atom is -0.355 e. The van der Waals surface area contributed by atoms with Gasteiger partial charge in [0.15, 0.2) is 0 Å². The highest BCUT2D eigenvalue weighted by molar-refractivity contribution is 5.93. The van der Waals surface area contributed by atoms with Crippen molar-refractivity contribution in [3.63, 3.8) is 0 Å². The Morgan fingerprint density at radius 1 is 0.963 bits per heavy atom. The van der Waals surface area contributed by atoms with Gasteiger partial charge in [-0.05, 0) is 66.8 Å². The Balaban J connectivity index is 1.53. The van der Waals surface area contributed by atoms with Crippen LogP contribution in [0.2, 0.25) is 0 Å². The maximum absolute atomic E-state index is 13.0. The lowest BCUT2D eigenvalue weighted by Gasteiger charge is -2.28. The van der Waals surface area contributed by atoms with Gasteiger partial charge in [-0.15, -0.1) is 0 Å². The molecule has 0 aliphatic carbocycles. The van der Waals surface area contributed by atoms with Gasteiger partial charge in [0.05, 0.1) is 0 Å². The van der Waals surface area contributed by atoms with E-state index in [1.54, 1.807) is 6.20 Å². The van der Waals surface area contributed by atoms with Gasteiger partial charge in [-0.3, -0.25) is 9.78 Å². The molecule has 0 spiro atoms. The zero-order valence-corrected chi connectivity index (χ0v) is 15.7. The number of carbonyl (C=O) groups is 1. The molecule has 0 unspecified atom stereocenters. The zero-order valence-electron chi connectivity index (χ0n) is 15.7. The minimum atomic E-state index is -0.0198. The van der Waals surface area contributed by atoms with Crippen LogP contribution in [-0.4, -0.2) is 22.3 Å². The van der Waals surface area contributed by atoms with Crippen molar-refractivity contribution in [3.8, 4) is 0 Å². The fraction of sp³-hybridized carbons (Fsp3) is 0.217. The van der Waals surface area contributed by atoms with Crippen molar-refractivity contribution in [2.45, 2.75) is 26.8 Å². The SMILES string of the molecule is Cc1cc(C)cc(Nc2ccnc(C(=O)N3CCc4ccccc4C3)c2)c1. The van der Waals surface area contributed by atoms with E-state index in [2.05, 4.69) is 60.5 Å². The van der Waals surface area contributed by atoms with Crippen molar-refractivity contribution in [3.05, 3.63) is 88.7 Å². The fourth-order valence-electron chi connectivity index (χ4n) is 3.67. The van der Waals surface area contributed by atoms with Crippen molar-refractivity contribution >= 4 is 17.3 Å². The number of nitrogens with zero attached hydrogens (tertiary/aromatic N) is 2. The summed E-state index contributed by atoms with van der Waals surface area (Å²) in [4.78, 5) is 19.2. The summed E-state index contributed by atoms with van der Waals surface area (Å²) in [6, 6.07) is 18.4. The molecule has 1 N–H and O–H groups in total. The van der Waals surface area contributed by atoms with Crippen LogP contribution in [0.5, 0.6) is 0 Å². The van der Waals surface area contributed by atoms with Gasteiger partial charge < -0.3 is 10.2 Å². The van der Waals surface area contributed by atoms with Gasteiger partial charge in [-0.25, -0.2) is 0 Å². The summed E-state index contributed by atoms with van der Waals surface area (Å²) in [5.74, 6) is -0.0198. The molecule has 27 heavy (non-hydrogen) atoms. The molecule has 0 radical (unpaired) electrons. The van der Waals surface area contributed by atoms with Crippen LogP contribution >= 0.6 is 0 Å². The van der Waals surface area contributed by atoms with E-state index in [0.29, 0.717) is 12.2 Å². The average molecular weight is 357 g/mol. The van der Waals surface area contributed by atoms with Crippen LogP contribution in [0.15, 0.2) is 60.8 Å². The first-order valence-electron chi connectivity index (χ1n) is 9.26. The van der Waals surface area contributed by atoms with Crippen LogP contribution in [0.3, 0.4) is 0 Å². The molecule has 0 fully saturated rings. The minimum absolute atomic E-state index is 0.0198. The lowest BCUT2D eigenvalue weighted by Crippen LogP contribution is -2.36. The summed E-state index contributed by atoms with van der Waals surface area (Å²) < 4.78 is 0. The number of fused-ring (bicyclic) bond motifs is 1. The van der Waals surface area contributed by atoms with Crippen molar-refractivity contribution in [2.24, 2.45) is 0 Å². The molecule has 1 aromatic heterocycles. The van der Waals surface area contributed by atoms with Gasteiger partial charge in [0.1, 0.15) is 5.69 Å². The highest BCUT2D eigenvalue weighted by Crippen LogP contribution is 2.22. The van der Waals surface area contributed by atoms with Crippen molar-refractivity contribution in [2.75, 3.05) is 11.9 Å². The quantitative estimate of drug-likeness (QED) is 0.743. The standard InChI is InChI=1S/C23H23N3O/c1-16-11-17(2)13-21(12-16)25-20-7-9-24-22(14-20)23(27)26-10-8-18-5-3-4-6-19(18)15-26/h3-7,9,11-14H,8,10,15H2,1-2H3,(H,24,25). The van der Waals surface area contributed by atoms with E-state index >= 15 is 0 Å². The number of carbonyl (C=O) groups excluding carboxylic acids is 1. The molecule has 2 aromatic carbocycles. The van der Waals surface area contributed by atoms with Gasteiger partial charge >= 0.3 is 0 Å².